The van der Waals surface area contributed by atoms with Gasteiger partial charge in [-0.25, -0.2) is 13.2 Å². The lowest BCUT2D eigenvalue weighted by Crippen LogP contribution is -2.35. The highest BCUT2D eigenvalue weighted by Crippen LogP contribution is 2.32. The van der Waals surface area contributed by atoms with Gasteiger partial charge in [0.2, 0.25) is 6.79 Å². The van der Waals surface area contributed by atoms with Crippen LogP contribution in [0.1, 0.15) is 22.8 Å². The fraction of sp³-hybridized carbons (Fsp3) is 0.167. The standard InChI is InChI=1S/C24H23N3O7S/c1-15(23(28)26-13-16-9-10-21-22(11-16)33-14-32-21)34-24(29)19-7-2-3-8-20(19)27-35(30,31)18-6-4-5-17(25)12-18/h2-12,15,27H,13-14,25H2,1H3,(H,26,28)/t15-/m0/s1. The molecule has 0 saturated carbocycles. The zero-order valence-corrected chi connectivity index (χ0v) is 19.5. The summed E-state index contributed by atoms with van der Waals surface area (Å²) < 4.78 is 43.7. The van der Waals surface area contributed by atoms with E-state index in [1.165, 1.54) is 37.3 Å². The van der Waals surface area contributed by atoms with Crippen molar-refractivity contribution in [3.8, 4) is 11.5 Å². The van der Waals surface area contributed by atoms with Gasteiger partial charge in [0, 0.05) is 12.2 Å². The maximum Gasteiger partial charge on any atom is 0.341 e. The Morgan fingerprint density at radius 3 is 2.60 bits per heavy atom. The first kappa shape index (κ1) is 23.9. The Labute approximate surface area is 202 Å². The quantitative estimate of drug-likeness (QED) is 0.318. The molecule has 1 aliphatic rings. The van der Waals surface area contributed by atoms with Crippen LogP contribution < -0.4 is 25.2 Å². The number of para-hydroxylation sites is 1. The van der Waals surface area contributed by atoms with Gasteiger partial charge in [0.05, 0.1) is 16.1 Å². The summed E-state index contributed by atoms with van der Waals surface area (Å²) in [6.07, 6.45) is -1.13. The molecule has 182 valence electrons. The van der Waals surface area contributed by atoms with Gasteiger partial charge in [-0.15, -0.1) is 0 Å². The summed E-state index contributed by atoms with van der Waals surface area (Å²) in [6, 6.07) is 17.0. The number of nitrogen functional groups attached to an aromatic ring is 1. The number of fused-ring (bicyclic) bond motifs is 1. The fourth-order valence-electron chi connectivity index (χ4n) is 3.30. The molecule has 0 spiro atoms. The number of hydrogen-bond acceptors (Lipinski definition) is 8. The van der Waals surface area contributed by atoms with Crippen LogP contribution in [0.4, 0.5) is 11.4 Å². The van der Waals surface area contributed by atoms with Crippen molar-refractivity contribution >= 4 is 33.3 Å². The van der Waals surface area contributed by atoms with Crippen molar-refractivity contribution in [1.82, 2.24) is 5.32 Å². The van der Waals surface area contributed by atoms with Crippen molar-refractivity contribution in [3.63, 3.8) is 0 Å². The van der Waals surface area contributed by atoms with Crippen molar-refractivity contribution in [1.29, 1.82) is 0 Å². The van der Waals surface area contributed by atoms with Gasteiger partial charge in [0.15, 0.2) is 17.6 Å². The first-order chi connectivity index (χ1) is 16.7. The minimum atomic E-state index is -4.02. The highest BCUT2D eigenvalue weighted by atomic mass is 32.2. The summed E-state index contributed by atoms with van der Waals surface area (Å²) in [5.74, 6) is -0.156. The van der Waals surface area contributed by atoms with Crippen molar-refractivity contribution in [2.45, 2.75) is 24.5 Å². The topological polar surface area (TPSA) is 146 Å². The minimum absolute atomic E-state index is 0.00731. The van der Waals surface area contributed by atoms with E-state index in [0.717, 1.165) is 5.56 Å². The van der Waals surface area contributed by atoms with Crippen LogP contribution in [0.3, 0.4) is 0 Å². The van der Waals surface area contributed by atoms with Gasteiger partial charge in [-0.1, -0.05) is 24.3 Å². The molecule has 4 rings (SSSR count). The molecule has 4 N–H and O–H groups in total. The first-order valence-corrected chi connectivity index (χ1v) is 12.1. The lowest BCUT2D eigenvalue weighted by Gasteiger charge is -2.16. The number of amides is 1. The molecule has 0 unspecified atom stereocenters. The molecule has 0 bridgehead atoms. The van der Waals surface area contributed by atoms with E-state index in [4.69, 9.17) is 19.9 Å². The monoisotopic (exact) mass is 497 g/mol. The van der Waals surface area contributed by atoms with E-state index in [0.29, 0.717) is 11.5 Å². The second-order valence-electron chi connectivity index (χ2n) is 7.68. The fourth-order valence-corrected chi connectivity index (χ4v) is 4.43. The molecular weight excluding hydrogens is 474 g/mol. The van der Waals surface area contributed by atoms with Crippen LogP contribution >= 0.6 is 0 Å². The Bertz CT molecular complexity index is 1380. The molecule has 0 radical (unpaired) electrons. The van der Waals surface area contributed by atoms with Crippen molar-refractivity contribution in [2.75, 3.05) is 17.2 Å². The lowest BCUT2D eigenvalue weighted by atomic mass is 10.2. The molecule has 35 heavy (non-hydrogen) atoms. The number of benzene rings is 3. The predicted molar refractivity (Wildman–Crippen MR) is 127 cm³/mol. The molecule has 0 saturated heterocycles. The lowest BCUT2D eigenvalue weighted by molar-refractivity contribution is -0.129. The molecular formula is C24H23N3O7S. The van der Waals surface area contributed by atoms with Crippen LogP contribution in [0.15, 0.2) is 71.6 Å². The number of sulfonamides is 1. The highest BCUT2D eigenvalue weighted by Gasteiger charge is 2.23. The molecule has 11 heteroatoms. The molecule has 0 fully saturated rings. The van der Waals surface area contributed by atoms with Crippen LogP contribution in [0.2, 0.25) is 0 Å². The molecule has 0 aliphatic carbocycles. The number of nitrogens with one attached hydrogen (secondary N) is 2. The van der Waals surface area contributed by atoms with E-state index >= 15 is 0 Å². The van der Waals surface area contributed by atoms with Gasteiger partial charge in [0.1, 0.15) is 0 Å². The second-order valence-corrected chi connectivity index (χ2v) is 9.36. The number of nitrogens with two attached hydrogens (primary N) is 1. The number of anilines is 2. The Kier molecular flexibility index (Phi) is 6.78. The number of rotatable bonds is 8. The largest absolute Gasteiger partial charge is 0.454 e. The Balaban J connectivity index is 1.40. The molecule has 1 heterocycles. The van der Waals surface area contributed by atoms with Crippen LogP contribution in [0, 0.1) is 0 Å². The molecule has 3 aromatic carbocycles. The molecule has 1 atom stereocenters. The number of carbonyl (C=O) groups is 2. The summed E-state index contributed by atoms with van der Waals surface area (Å²) >= 11 is 0. The second kappa shape index (κ2) is 9.94. The van der Waals surface area contributed by atoms with E-state index in [1.807, 2.05) is 0 Å². The minimum Gasteiger partial charge on any atom is -0.454 e. The number of esters is 1. The maximum atomic E-state index is 12.8. The molecule has 3 aromatic rings. The predicted octanol–water partition coefficient (Wildman–Crippen LogP) is 2.66. The number of carbonyl (C=O) groups excluding carboxylic acids is 2. The molecule has 0 aromatic heterocycles. The third-order valence-electron chi connectivity index (χ3n) is 5.12. The number of hydrogen-bond donors (Lipinski definition) is 3. The van der Waals surface area contributed by atoms with Gasteiger partial charge in [-0.2, -0.15) is 0 Å². The summed E-state index contributed by atoms with van der Waals surface area (Å²) in [5.41, 5.74) is 6.70. The SMILES string of the molecule is C[C@H](OC(=O)c1ccccc1NS(=O)(=O)c1cccc(N)c1)C(=O)NCc1ccc2c(c1)OCO2. The third kappa shape index (κ3) is 5.64. The summed E-state index contributed by atoms with van der Waals surface area (Å²) in [6.45, 7) is 1.76. The van der Waals surface area contributed by atoms with E-state index in [2.05, 4.69) is 10.0 Å². The van der Waals surface area contributed by atoms with Crippen LogP contribution in [0.5, 0.6) is 11.5 Å². The van der Waals surface area contributed by atoms with Gasteiger partial charge in [-0.05, 0) is 55.0 Å². The van der Waals surface area contributed by atoms with Crippen LogP contribution in [-0.4, -0.2) is 33.2 Å². The van der Waals surface area contributed by atoms with Crippen molar-refractivity contribution in [3.05, 3.63) is 77.9 Å². The molecule has 10 nitrogen and oxygen atoms in total. The zero-order valence-electron chi connectivity index (χ0n) is 18.7. The summed E-state index contributed by atoms with van der Waals surface area (Å²) in [5, 5.41) is 2.69. The normalized spacial score (nSPS) is 13.1. The van der Waals surface area contributed by atoms with Gasteiger partial charge < -0.3 is 25.3 Å². The summed E-state index contributed by atoms with van der Waals surface area (Å²) in [7, 11) is -4.02. The van der Waals surface area contributed by atoms with Gasteiger partial charge in [0.25, 0.3) is 15.9 Å². The van der Waals surface area contributed by atoms with Crippen LogP contribution in [-0.2, 0) is 26.1 Å². The first-order valence-electron chi connectivity index (χ1n) is 10.6. The maximum absolute atomic E-state index is 12.8. The highest BCUT2D eigenvalue weighted by molar-refractivity contribution is 7.92. The van der Waals surface area contributed by atoms with Crippen molar-refractivity contribution in [2.24, 2.45) is 0 Å². The van der Waals surface area contributed by atoms with E-state index in [9.17, 15) is 18.0 Å². The smallest absolute Gasteiger partial charge is 0.341 e. The Morgan fingerprint density at radius 2 is 1.80 bits per heavy atom. The van der Waals surface area contributed by atoms with E-state index in [-0.39, 0.29) is 35.2 Å². The average molecular weight is 498 g/mol. The molecule has 1 aliphatic heterocycles. The van der Waals surface area contributed by atoms with E-state index < -0.39 is 28.0 Å². The Morgan fingerprint density at radius 1 is 1.03 bits per heavy atom. The van der Waals surface area contributed by atoms with E-state index in [1.54, 1.807) is 36.4 Å². The van der Waals surface area contributed by atoms with Crippen molar-refractivity contribution < 1.29 is 32.2 Å². The van der Waals surface area contributed by atoms with Crippen LogP contribution in [0.25, 0.3) is 0 Å². The summed E-state index contributed by atoms with van der Waals surface area (Å²) in [4.78, 5) is 25.2. The number of ether oxygens (including phenoxy) is 3. The zero-order chi connectivity index (χ0) is 25.0. The third-order valence-corrected chi connectivity index (χ3v) is 6.48. The van der Waals surface area contributed by atoms with Gasteiger partial charge in [-0.3, -0.25) is 9.52 Å². The molecule has 1 amide bonds. The Hall–Kier alpha value is -4.25. The average Bonchev–Trinajstić information content (AvgIpc) is 3.30. The van der Waals surface area contributed by atoms with Gasteiger partial charge >= 0.3 is 5.97 Å².